The number of hydrogen-bond donors (Lipinski definition) is 0. The predicted octanol–water partition coefficient (Wildman–Crippen LogP) is 10.4. The Hall–Kier alpha value is -5.32. The fourth-order valence-electron chi connectivity index (χ4n) is 6.34. The van der Waals surface area contributed by atoms with Gasteiger partial charge < -0.3 is 4.57 Å². The molecule has 1 aromatic heterocycles. The summed E-state index contributed by atoms with van der Waals surface area (Å²) >= 11 is 1.83. The molecule has 196 valence electrons. The first kappa shape index (κ1) is 23.4. The Balaban J connectivity index is 1.45. The Morgan fingerprint density at radius 3 is 1.81 bits per heavy atom. The topological polar surface area (TPSA) is 30.7 Å². The average molecular weight is 554 g/mol. The molecule has 0 unspecified atom stereocenters. The van der Waals surface area contributed by atoms with Gasteiger partial charge in [0, 0.05) is 27.5 Å². The first-order valence-electron chi connectivity index (χ1n) is 14.1. The van der Waals surface area contributed by atoms with Gasteiger partial charge in [0.1, 0.15) is 0 Å². The largest absolute Gasteiger partial charge is 0.306 e. The minimum Gasteiger partial charge on any atom is -0.306 e. The molecule has 0 atom stereocenters. The van der Waals surface area contributed by atoms with Crippen LogP contribution in [0.2, 0.25) is 0 Å². The summed E-state index contributed by atoms with van der Waals surface area (Å²) in [5.41, 5.74) is 8.71. The lowest BCUT2D eigenvalue weighted by atomic mass is 9.94. The van der Waals surface area contributed by atoms with Crippen molar-refractivity contribution in [3.63, 3.8) is 0 Å². The van der Waals surface area contributed by atoms with Gasteiger partial charge in [-0.2, -0.15) is 0 Å². The van der Waals surface area contributed by atoms with Crippen LogP contribution in [-0.4, -0.2) is 14.5 Å². The standard InChI is InChI=1S/C38H23N3S/c1-3-12-24(13-4-1)30-23-31(25-14-5-2-6-15-25)40-38(39-30)29-22-35-37-36-27(17-11-18-28(29)36)26-16-7-8-19-32(26)41(37)33-20-9-10-21-34(33)42-35/h1-23H. The summed E-state index contributed by atoms with van der Waals surface area (Å²) in [7, 11) is 0. The molecule has 0 saturated heterocycles. The van der Waals surface area contributed by atoms with Crippen LogP contribution in [0.25, 0.3) is 81.6 Å². The Kier molecular flexibility index (Phi) is 5.07. The first-order valence-corrected chi connectivity index (χ1v) is 14.9. The molecule has 4 heteroatoms. The zero-order valence-electron chi connectivity index (χ0n) is 22.5. The number of para-hydroxylation sites is 2. The normalized spacial score (nSPS) is 11.8. The van der Waals surface area contributed by atoms with Crippen LogP contribution in [0.1, 0.15) is 0 Å². The highest BCUT2D eigenvalue weighted by molar-refractivity contribution is 7.24. The summed E-state index contributed by atoms with van der Waals surface area (Å²) in [4.78, 5) is 10.4. The highest BCUT2D eigenvalue weighted by Crippen LogP contribution is 2.46. The smallest absolute Gasteiger partial charge is 0.161 e. The van der Waals surface area contributed by atoms with Gasteiger partial charge in [0.25, 0.3) is 0 Å². The van der Waals surface area contributed by atoms with Crippen molar-refractivity contribution in [1.82, 2.24) is 14.5 Å². The van der Waals surface area contributed by atoms with E-state index in [1.165, 1.54) is 42.3 Å². The maximum atomic E-state index is 5.22. The highest BCUT2D eigenvalue weighted by Gasteiger charge is 2.23. The molecule has 0 spiro atoms. The minimum absolute atomic E-state index is 0.736. The first-order chi connectivity index (χ1) is 20.8. The molecule has 7 aromatic rings. The lowest BCUT2D eigenvalue weighted by Gasteiger charge is -2.24. The van der Waals surface area contributed by atoms with Crippen molar-refractivity contribution in [2.24, 2.45) is 0 Å². The number of benzene rings is 6. The van der Waals surface area contributed by atoms with Crippen LogP contribution >= 0.6 is 11.3 Å². The van der Waals surface area contributed by atoms with Crippen molar-refractivity contribution in [3.8, 4) is 39.6 Å². The van der Waals surface area contributed by atoms with Crippen molar-refractivity contribution >= 4 is 53.3 Å². The summed E-state index contributed by atoms with van der Waals surface area (Å²) in [5, 5.41) is 4.90. The number of pyridine rings is 1. The third-order valence-corrected chi connectivity index (χ3v) is 9.29. The van der Waals surface area contributed by atoms with Gasteiger partial charge in [0.2, 0.25) is 0 Å². The van der Waals surface area contributed by atoms with Crippen molar-refractivity contribution < 1.29 is 0 Å². The molecule has 0 fully saturated rings. The van der Waals surface area contributed by atoms with E-state index in [0.717, 1.165) is 39.3 Å². The third kappa shape index (κ3) is 3.46. The van der Waals surface area contributed by atoms with Crippen LogP contribution in [0.3, 0.4) is 0 Å². The van der Waals surface area contributed by atoms with Gasteiger partial charge in [-0.3, -0.25) is 0 Å². The van der Waals surface area contributed by atoms with Gasteiger partial charge in [-0.15, -0.1) is 11.3 Å². The molecular weight excluding hydrogens is 531 g/mol. The molecule has 0 amide bonds. The van der Waals surface area contributed by atoms with Gasteiger partial charge in [0.15, 0.2) is 5.82 Å². The van der Waals surface area contributed by atoms with Crippen LogP contribution in [0.4, 0.5) is 0 Å². The molecule has 0 bridgehead atoms. The quantitative estimate of drug-likeness (QED) is 0.161. The molecule has 2 aliphatic rings. The van der Waals surface area contributed by atoms with E-state index in [1.54, 1.807) is 0 Å². The van der Waals surface area contributed by atoms with E-state index in [1.807, 2.05) is 23.5 Å². The fourth-order valence-corrected chi connectivity index (χ4v) is 7.45. The summed E-state index contributed by atoms with van der Waals surface area (Å²) in [5.74, 6) is 0.736. The maximum Gasteiger partial charge on any atom is 0.161 e. The Morgan fingerprint density at radius 1 is 0.476 bits per heavy atom. The van der Waals surface area contributed by atoms with Gasteiger partial charge in [-0.1, -0.05) is 109 Å². The molecule has 0 saturated carbocycles. The van der Waals surface area contributed by atoms with Gasteiger partial charge in [0.05, 0.1) is 37.5 Å². The van der Waals surface area contributed by atoms with Gasteiger partial charge in [-0.25, -0.2) is 9.97 Å². The van der Waals surface area contributed by atoms with E-state index in [4.69, 9.17) is 9.97 Å². The van der Waals surface area contributed by atoms with Crippen molar-refractivity contribution in [3.05, 3.63) is 140 Å². The average Bonchev–Trinajstić information content (AvgIpc) is 3.07. The number of rotatable bonds is 3. The number of nitrogens with zero attached hydrogens (tertiary/aromatic N) is 3. The second-order valence-corrected chi connectivity index (χ2v) is 11.7. The molecule has 0 radical (unpaired) electrons. The van der Waals surface area contributed by atoms with Crippen molar-refractivity contribution in [2.45, 2.75) is 0 Å². The Bertz CT molecular complexity index is 2340. The molecule has 42 heavy (non-hydrogen) atoms. The Morgan fingerprint density at radius 2 is 1.07 bits per heavy atom. The summed E-state index contributed by atoms with van der Waals surface area (Å²) in [6.07, 6.45) is 0. The number of hydrogen-bond acceptors (Lipinski definition) is 3. The van der Waals surface area contributed by atoms with Crippen LogP contribution in [-0.2, 0) is 0 Å². The zero-order chi connectivity index (χ0) is 27.6. The van der Waals surface area contributed by atoms with Crippen LogP contribution in [0.5, 0.6) is 0 Å². The van der Waals surface area contributed by atoms with E-state index in [-0.39, 0.29) is 0 Å². The molecule has 0 N–H and O–H groups in total. The maximum absolute atomic E-state index is 5.22. The second-order valence-electron chi connectivity index (χ2n) is 10.6. The SMILES string of the molecule is c1ccc(-c2cc(-c3ccccc3)nc(-c3cc4sc5ccccc5n5c6ccccc6c6cccc3c6c4-5)n2)cc1. The van der Waals surface area contributed by atoms with Crippen molar-refractivity contribution in [1.29, 1.82) is 0 Å². The van der Waals surface area contributed by atoms with Crippen LogP contribution < -0.4 is 0 Å². The number of aromatic nitrogens is 3. The summed E-state index contributed by atoms with van der Waals surface area (Å²) in [6.45, 7) is 0. The lowest BCUT2D eigenvalue weighted by Crippen LogP contribution is -2.05. The van der Waals surface area contributed by atoms with E-state index < -0.39 is 0 Å². The molecular formula is C38H23N3S. The second kappa shape index (κ2) is 9.10. The summed E-state index contributed by atoms with van der Waals surface area (Å²) < 4.78 is 4.91. The molecule has 2 aliphatic heterocycles. The summed E-state index contributed by atoms with van der Waals surface area (Å²) in [6, 6.07) is 49.3. The van der Waals surface area contributed by atoms with Crippen LogP contribution in [0.15, 0.2) is 140 Å². The lowest BCUT2D eigenvalue weighted by molar-refractivity contribution is 1.18. The monoisotopic (exact) mass is 553 g/mol. The van der Waals surface area contributed by atoms with E-state index in [9.17, 15) is 0 Å². The highest BCUT2D eigenvalue weighted by atomic mass is 32.1. The van der Waals surface area contributed by atoms with Gasteiger partial charge in [-0.05, 0) is 41.1 Å². The zero-order valence-corrected chi connectivity index (χ0v) is 23.3. The third-order valence-electron chi connectivity index (χ3n) is 8.19. The molecule has 0 aliphatic carbocycles. The molecule has 9 rings (SSSR count). The fraction of sp³-hybridized carbons (Fsp3) is 0. The predicted molar refractivity (Wildman–Crippen MR) is 177 cm³/mol. The Labute approximate surface area is 246 Å². The number of fused-ring (bicyclic) bond motifs is 5. The van der Waals surface area contributed by atoms with Crippen LogP contribution in [0, 0.1) is 0 Å². The van der Waals surface area contributed by atoms with Crippen molar-refractivity contribution in [2.75, 3.05) is 0 Å². The molecule has 6 aromatic carbocycles. The van der Waals surface area contributed by atoms with E-state index in [0.29, 0.717) is 0 Å². The van der Waals surface area contributed by atoms with E-state index in [2.05, 4.69) is 132 Å². The molecule has 3 nitrogen and oxygen atoms in total. The van der Waals surface area contributed by atoms with Gasteiger partial charge >= 0.3 is 0 Å². The van der Waals surface area contributed by atoms with E-state index >= 15 is 0 Å². The minimum atomic E-state index is 0.736. The molecule has 3 heterocycles.